The Hall–Kier alpha value is -2.96. The first kappa shape index (κ1) is 18.8. The Morgan fingerprint density at radius 2 is 1.96 bits per heavy atom. The van der Waals surface area contributed by atoms with Crippen LogP contribution in [0.3, 0.4) is 0 Å². The van der Waals surface area contributed by atoms with Gasteiger partial charge in [0.1, 0.15) is 23.5 Å². The van der Waals surface area contributed by atoms with Gasteiger partial charge >= 0.3 is 0 Å². The third-order valence-electron chi connectivity index (χ3n) is 4.67. The lowest BCUT2D eigenvalue weighted by Crippen LogP contribution is -2.10. The van der Waals surface area contributed by atoms with Gasteiger partial charge in [0.15, 0.2) is 11.6 Å². The molecule has 4 N–H and O–H groups in total. The van der Waals surface area contributed by atoms with Crippen molar-refractivity contribution < 1.29 is 9.47 Å². The largest absolute Gasteiger partial charge is 0.497 e. The van der Waals surface area contributed by atoms with Gasteiger partial charge in [-0.2, -0.15) is 0 Å². The Morgan fingerprint density at radius 1 is 1.11 bits per heavy atom. The molecule has 0 atom stereocenters. The fourth-order valence-corrected chi connectivity index (χ4v) is 3.15. The number of nitrogen functional groups attached to an aromatic ring is 1. The molecule has 0 aliphatic heterocycles. The lowest BCUT2D eigenvalue weighted by Gasteiger charge is -2.16. The zero-order chi connectivity index (χ0) is 19.1. The summed E-state index contributed by atoms with van der Waals surface area (Å²) in [5.74, 6) is 2.54. The van der Waals surface area contributed by atoms with Crippen LogP contribution in [0.2, 0.25) is 0 Å². The van der Waals surface area contributed by atoms with Crippen LogP contribution in [0.15, 0.2) is 36.2 Å². The molecule has 27 heavy (non-hydrogen) atoms. The van der Waals surface area contributed by atoms with E-state index in [2.05, 4.69) is 26.7 Å². The second kappa shape index (κ2) is 9.12. The summed E-state index contributed by atoms with van der Waals surface area (Å²) in [7, 11) is 3.23. The van der Waals surface area contributed by atoms with Crippen molar-refractivity contribution in [3.8, 4) is 11.5 Å². The van der Waals surface area contributed by atoms with E-state index in [1.807, 2.05) is 18.2 Å². The van der Waals surface area contributed by atoms with Gasteiger partial charge in [0.25, 0.3) is 0 Å². The van der Waals surface area contributed by atoms with E-state index < -0.39 is 0 Å². The van der Waals surface area contributed by atoms with Crippen molar-refractivity contribution in [3.05, 3.63) is 36.2 Å². The van der Waals surface area contributed by atoms with E-state index in [4.69, 9.17) is 15.2 Å². The minimum atomic E-state index is 0.472. The Morgan fingerprint density at radius 3 is 2.70 bits per heavy atom. The fraction of sp³-hybridized carbons (Fsp3) is 0.400. The molecule has 0 fully saturated rings. The maximum absolute atomic E-state index is 6.28. The first-order valence-corrected chi connectivity index (χ1v) is 9.22. The number of anilines is 4. The number of rotatable bonds is 8. The molecule has 0 spiro atoms. The van der Waals surface area contributed by atoms with Crippen LogP contribution in [0, 0.1) is 0 Å². The predicted octanol–water partition coefficient (Wildman–Crippen LogP) is 4.12. The number of aromatic nitrogens is 2. The number of ether oxygens (including phenoxy) is 2. The van der Waals surface area contributed by atoms with Crippen LogP contribution in [0.4, 0.5) is 23.0 Å². The highest BCUT2D eigenvalue weighted by atomic mass is 16.5. The third kappa shape index (κ3) is 4.81. The first-order valence-electron chi connectivity index (χ1n) is 9.22. The fourth-order valence-electron chi connectivity index (χ4n) is 3.15. The average molecular weight is 369 g/mol. The lowest BCUT2D eigenvalue weighted by molar-refractivity contribution is 0.405. The van der Waals surface area contributed by atoms with Crippen LogP contribution < -0.4 is 25.8 Å². The summed E-state index contributed by atoms with van der Waals surface area (Å²) in [5, 5.41) is 6.54. The average Bonchev–Trinajstić information content (AvgIpc) is 2.71. The summed E-state index contributed by atoms with van der Waals surface area (Å²) in [4.78, 5) is 8.54. The molecule has 0 saturated carbocycles. The van der Waals surface area contributed by atoms with Gasteiger partial charge in [-0.25, -0.2) is 9.97 Å². The second-order valence-electron chi connectivity index (χ2n) is 6.46. The molecule has 1 aromatic heterocycles. The molecule has 0 saturated heterocycles. The van der Waals surface area contributed by atoms with Crippen LogP contribution in [-0.4, -0.2) is 30.7 Å². The third-order valence-corrected chi connectivity index (χ3v) is 4.67. The van der Waals surface area contributed by atoms with E-state index in [1.54, 1.807) is 14.2 Å². The maximum Gasteiger partial charge on any atom is 0.159 e. The van der Waals surface area contributed by atoms with Gasteiger partial charge in [-0.1, -0.05) is 11.6 Å². The molecule has 0 bridgehead atoms. The van der Waals surface area contributed by atoms with Crippen LogP contribution >= 0.6 is 0 Å². The monoisotopic (exact) mass is 369 g/mol. The molecule has 1 aromatic carbocycles. The maximum atomic E-state index is 6.28. The summed E-state index contributed by atoms with van der Waals surface area (Å²) in [6.45, 7) is 0.801. The molecule has 2 aromatic rings. The summed E-state index contributed by atoms with van der Waals surface area (Å²) < 4.78 is 10.7. The SMILES string of the molecule is COc1ccc(OC)c(Nc2ncnc(NCCC3=CCCCC3)c2N)c1. The van der Waals surface area contributed by atoms with Gasteiger partial charge in [0.2, 0.25) is 0 Å². The van der Waals surface area contributed by atoms with Crippen molar-refractivity contribution in [2.24, 2.45) is 0 Å². The molecule has 144 valence electrons. The zero-order valence-electron chi connectivity index (χ0n) is 15.9. The van der Waals surface area contributed by atoms with Crippen molar-refractivity contribution in [3.63, 3.8) is 0 Å². The van der Waals surface area contributed by atoms with E-state index in [0.29, 0.717) is 28.8 Å². The van der Waals surface area contributed by atoms with Crippen LogP contribution in [0.5, 0.6) is 11.5 Å². The first-order chi connectivity index (χ1) is 13.2. The normalized spacial score (nSPS) is 13.6. The smallest absolute Gasteiger partial charge is 0.159 e. The van der Waals surface area contributed by atoms with E-state index in [1.165, 1.54) is 37.6 Å². The molecule has 7 heteroatoms. The van der Waals surface area contributed by atoms with Gasteiger partial charge < -0.3 is 25.8 Å². The van der Waals surface area contributed by atoms with Gasteiger partial charge in [0.05, 0.1) is 19.9 Å². The molecule has 1 aliphatic carbocycles. The van der Waals surface area contributed by atoms with Crippen molar-refractivity contribution in [1.82, 2.24) is 9.97 Å². The number of benzene rings is 1. The van der Waals surface area contributed by atoms with E-state index in [-0.39, 0.29) is 0 Å². The Kier molecular flexibility index (Phi) is 6.35. The highest BCUT2D eigenvalue weighted by molar-refractivity contribution is 5.79. The quantitative estimate of drug-likeness (QED) is 0.602. The standard InChI is InChI=1S/C20H27N5O2/c1-26-15-8-9-17(27-2)16(12-15)25-20-18(21)19(23-13-24-20)22-11-10-14-6-4-3-5-7-14/h6,8-9,12-13H,3-5,7,10-11,21H2,1-2H3,(H2,22,23,24,25). The van der Waals surface area contributed by atoms with E-state index in [9.17, 15) is 0 Å². The lowest BCUT2D eigenvalue weighted by atomic mass is 9.97. The summed E-state index contributed by atoms with van der Waals surface area (Å²) in [6.07, 6.45) is 9.85. The van der Waals surface area contributed by atoms with Crippen LogP contribution in [0.25, 0.3) is 0 Å². The van der Waals surface area contributed by atoms with Crippen molar-refractivity contribution in [2.45, 2.75) is 32.1 Å². The summed E-state index contributed by atoms with van der Waals surface area (Å²) in [5.41, 5.74) is 8.99. The molecule has 0 amide bonds. The second-order valence-corrected chi connectivity index (χ2v) is 6.46. The van der Waals surface area contributed by atoms with Gasteiger partial charge in [-0.15, -0.1) is 0 Å². The topological polar surface area (TPSA) is 94.3 Å². The summed E-state index contributed by atoms with van der Waals surface area (Å²) in [6, 6.07) is 5.50. The molecule has 0 radical (unpaired) electrons. The number of methoxy groups -OCH3 is 2. The number of allylic oxidation sites excluding steroid dienone is 1. The molecule has 0 unspecified atom stereocenters. The molecule has 3 rings (SSSR count). The van der Waals surface area contributed by atoms with Crippen molar-refractivity contribution in [1.29, 1.82) is 0 Å². The Labute approximate surface area is 160 Å². The molecule has 7 nitrogen and oxygen atoms in total. The van der Waals surface area contributed by atoms with Crippen LogP contribution in [0.1, 0.15) is 32.1 Å². The minimum Gasteiger partial charge on any atom is -0.497 e. The highest BCUT2D eigenvalue weighted by Crippen LogP contribution is 2.33. The number of nitrogens with one attached hydrogen (secondary N) is 2. The number of nitrogens with two attached hydrogens (primary N) is 1. The predicted molar refractivity (Wildman–Crippen MR) is 109 cm³/mol. The number of hydrogen-bond acceptors (Lipinski definition) is 7. The van der Waals surface area contributed by atoms with Gasteiger partial charge in [-0.05, 0) is 44.2 Å². The van der Waals surface area contributed by atoms with Gasteiger partial charge in [0, 0.05) is 12.6 Å². The van der Waals surface area contributed by atoms with Crippen molar-refractivity contribution >= 4 is 23.0 Å². The van der Waals surface area contributed by atoms with Crippen molar-refractivity contribution in [2.75, 3.05) is 37.1 Å². The molecule has 1 heterocycles. The summed E-state index contributed by atoms with van der Waals surface area (Å²) >= 11 is 0. The van der Waals surface area contributed by atoms with E-state index >= 15 is 0 Å². The Bertz CT molecular complexity index is 807. The van der Waals surface area contributed by atoms with Crippen LogP contribution in [-0.2, 0) is 0 Å². The number of nitrogens with zero attached hydrogens (tertiary/aromatic N) is 2. The minimum absolute atomic E-state index is 0.472. The molecular formula is C20H27N5O2. The molecular weight excluding hydrogens is 342 g/mol. The number of hydrogen-bond donors (Lipinski definition) is 3. The van der Waals surface area contributed by atoms with E-state index in [0.717, 1.165) is 18.7 Å². The zero-order valence-corrected chi connectivity index (χ0v) is 15.9. The van der Waals surface area contributed by atoms with Gasteiger partial charge in [-0.3, -0.25) is 0 Å². The Balaban J connectivity index is 1.70. The highest BCUT2D eigenvalue weighted by Gasteiger charge is 2.12. The molecule has 1 aliphatic rings.